The number of aromatic nitrogens is 4. The van der Waals surface area contributed by atoms with Crippen molar-refractivity contribution in [3.8, 4) is 0 Å². The summed E-state index contributed by atoms with van der Waals surface area (Å²) < 4.78 is 29.7. The smallest absolute Gasteiger partial charge is 0.263 e. The Kier molecular flexibility index (Phi) is 6.96. The number of halogens is 2. The maximum Gasteiger partial charge on any atom is 0.263 e. The highest BCUT2D eigenvalue weighted by atomic mass is 19.1. The van der Waals surface area contributed by atoms with Gasteiger partial charge >= 0.3 is 0 Å². The zero-order valence-corrected chi connectivity index (χ0v) is 22.3. The van der Waals surface area contributed by atoms with Crippen LogP contribution in [-0.4, -0.2) is 112 Å². The van der Waals surface area contributed by atoms with Gasteiger partial charge in [-0.15, -0.1) is 5.10 Å². The van der Waals surface area contributed by atoms with Crippen LogP contribution in [0.4, 0.5) is 26.0 Å². The van der Waals surface area contributed by atoms with Crippen molar-refractivity contribution < 1.29 is 18.4 Å². The van der Waals surface area contributed by atoms with Gasteiger partial charge in [0.05, 0.1) is 30.5 Å². The molecule has 212 valence electrons. The number of anilines is 3. The fraction of sp³-hybridized carbons (Fsp3) is 0.500. The van der Waals surface area contributed by atoms with Crippen molar-refractivity contribution in [3.05, 3.63) is 42.0 Å². The third-order valence-electron chi connectivity index (χ3n) is 8.16. The Morgan fingerprint density at radius 1 is 1.02 bits per heavy atom. The minimum absolute atomic E-state index is 0.0519. The van der Waals surface area contributed by atoms with E-state index in [-0.39, 0.29) is 40.2 Å². The van der Waals surface area contributed by atoms with Gasteiger partial charge in [-0.3, -0.25) is 19.5 Å². The van der Waals surface area contributed by atoms with Gasteiger partial charge in [0.25, 0.3) is 5.91 Å². The predicted octanol–water partition coefficient (Wildman–Crippen LogP) is 0.912. The second kappa shape index (κ2) is 10.6. The number of carbonyl (C=O) groups is 2. The topological polar surface area (TPSA) is 128 Å². The largest absolute Gasteiger partial charge is 0.381 e. The minimum Gasteiger partial charge on any atom is -0.381 e. The number of likely N-dealkylation sites (N-methyl/N-ethyl adjacent to an activating group) is 1. The highest BCUT2D eigenvalue weighted by Gasteiger charge is 2.35. The molecule has 14 heteroatoms. The van der Waals surface area contributed by atoms with E-state index in [2.05, 4.69) is 37.2 Å². The highest BCUT2D eigenvalue weighted by molar-refractivity contribution is 6.12. The summed E-state index contributed by atoms with van der Waals surface area (Å²) in [6.07, 6.45) is 5.64. The Hall–Kier alpha value is -3.91. The number of nitrogens with one attached hydrogen (secondary N) is 1. The standard InChI is InChI=1S/C26H32F2N10O2/c1-34-14-18(15-34)35-6-8-37(9-7-35)26(40)16-2-4-36(5-3-16)22-19(28)11-30-12-20(22)32-25(39)21-23(29)33-38-13-17(27)10-31-24(21)38/h10-13,16,18H,2-9,14-15H2,1H3,(H2,29,33)(H,32,39). The van der Waals surface area contributed by atoms with Gasteiger partial charge in [-0.25, -0.2) is 18.3 Å². The van der Waals surface area contributed by atoms with Crippen molar-refractivity contribution in [1.29, 1.82) is 0 Å². The number of nitrogens with zero attached hydrogens (tertiary/aromatic N) is 8. The van der Waals surface area contributed by atoms with E-state index in [1.54, 1.807) is 0 Å². The molecule has 3 aromatic rings. The van der Waals surface area contributed by atoms with Crippen molar-refractivity contribution in [2.45, 2.75) is 18.9 Å². The van der Waals surface area contributed by atoms with E-state index in [9.17, 15) is 14.0 Å². The number of rotatable bonds is 5. The van der Waals surface area contributed by atoms with E-state index in [4.69, 9.17) is 5.73 Å². The van der Waals surface area contributed by atoms with Crippen molar-refractivity contribution in [3.63, 3.8) is 0 Å². The Bertz CT molecular complexity index is 1430. The molecule has 3 aliphatic heterocycles. The number of hydrogen-bond acceptors (Lipinski definition) is 9. The SMILES string of the molecule is CN1CC(N2CCN(C(=O)C3CCN(c4c(F)cncc4NC(=O)c4c(N)nn5cc(F)cnc45)CC3)CC2)C1. The fourth-order valence-corrected chi connectivity index (χ4v) is 5.99. The molecule has 0 atom stereocenters. The summed E-state index contributed by atoms with van der Waals surface area (Å²) >= 11 is 0. The molecule has 0 spiro atoms. The predicted molar refractivity (Wildman–Crippen MR) is 144 cm³/mol. The Morgan fingerprint density at radius 2 is 1.75 bits per heavy atom. The van der Waals surface area contributed by atoms with E-state index >= 15 is 4.39 Å². The van der Waals surface area contributed by atoms with E-state index in [1.807, 2.05) is 9.80 Å². The number of piperazine rings is 1. The molecule has 0 radical (unpaired) electrons. The first-order valence-electron chi connectivity index (χ1n) is 13.5. The monoisotopic (exact) mass is 554 g/mol. The van der Waals surface area contributed by atoms with Crippen LogP contribution in [0.15, 0.2) is 24.8 Å². The van der Waals surface area contributed by atoms with Crippen molar-refractivity contribution in [2.75, 3.05) is 75.4 Å². The molecule has 3 saturated heterocycles. The molecule has 3 aromatic heterocycles. The van der Waals surface area contributed by atoms with Gasteiger partial charge in [0.15, 0.2) is 23.1 Å². The third-order valence-corrected chi connectivity index (χ3v) is 8.16. The first-order valence-corrected chi connectivity index (χ1v) is 13.5. The number of nitrogens with two attached hydrogens (primary N) is 1. The number of carbonyl (C=O) groups excluding carboxylic acids is 2. The van der Waals surface area contributed by atoms with Crippen LogP contribution in [0.5, 0.6) is 0 Å². The minimum atomic E-state index is -0.669. The molecule has 3 fully saturated rings. The molecule has 3 aliphatic rings. The van der Waals surface area contributed by atoms with Gasteiger partial charge in [-0.1, -0.05) is 0 Å². The summed E-state index contributed by atoms with van der Waals surface area (Å²) in [6, 6.07) is 0.596. The molecule has 6 rings (SSSR count). The Morgan fingerprint density at radius 3 is 2.45 bits per heavy atom. The lowest BCUT2D eigenvalue weighted by atomic mass is 9.94. The number of likely N-dealkylation sites (tertiary alicyclic amines) is 1. The first-order chi connectivity index (χ1) is 19.3. The first kappa shape index (κ1) is 26.3. The van der Waals surface area contributed by atoms with Crippen LogP contribution in [0.25, 0.3) is 5.65 Å². The van der Waals surface area contributed by atoms with Crippen LogP contribution in [0.3, 0.4) is 0 Å². The third kappa shape index (κ3) is 4.92. The summed E-state index contributed by atoms with van der Waals surface area (Å²) in [5.41, 5.74) is 6.29. The zero-order chi connectivity index (χ0) is 28.0. The van der Waals surface area contributed by atoms with Crippen LogP contribution < -0.4 is 16.0 Å². The number of piperidine rings is 1. The van der Waals surface area contributed by atoms with Gasteiger partial charge < -0.3 is 25.8 Å². The van der Waals surface area contributed by atoms with E-state index in [1.165, 1.54) is 6.20 Å². The summed E-state index contributed by atoms with van der Waals surface area (Å²) in [5, 5.41) is 6.62. The van der Waals surface area contributed by atoms with E-state index in [0.717, 1.165) is 62.4 Å². The Labute approximate surface area is 229 Å². The maximum absolute atomic E-state index is 15.1. The zero-order valence-electron chi connectivity index (χ0n) is 22.3. The molecule has 0 saturated carbocycles. The Balaban J connectivity index is 1.10. The number of nitrogen functional groups attached to an aromatic ring is 1. The molecule has 2 amide bonds. The molecule has 6 heterocycles. The summed E-state index contributed by atoms with van der Waals surface area (Å²) in [7, 11) is 2.12. The molecule has 40 heavy (non-hydrogen) atoms. The van der Waals surface area contributed by atoms with Crippen LogP contribution >= 0.6 is 0 Å². The molecule has 0 aromatic carbocycles. The average Bonchev–Trinajstić information content (AvgIpc) is 3.26. The second-order valence-corrected chi connectivity index (χ2v) is 10.8. The van der Waals surface area contributed by atoms with Crippen LogP contribution in [-0.2, 0) is 4.79 Å². The summed E-state index contributed by atoms with van der Waals surface area (Å²) in [5.74, 6) is -1.98. The molecule has 0 aliphatic carbocycles. The normalized spacial score (nSPS) is 19.7. The number of fused-ring (bicyclic) bond motifs is 1. The summed E-state index contributed by atoms with van der Waals surface area (Å²) in [4.78, 5) is 42.8. The number of hydrogen-bond donors (Lipinski definition) is 2. The fourth-order valence-electron chi connectivity index (χ4n) is 5.99. The van der Waals surface area contributed by atoms with Gasteiger partial charge in [-0.2, -0.15) is 0 Å². The lowest BCUT2D eigenvalue weighted by Crippen LogP contribution is -2.62. The summed E-state index contributed by atoms with van der Waals surface area (Å²) in [6.45, 7) is 6.35. The maximum atomic E-state index is 15.1. The molecule has 0 bridgehead atoms. The van der Waals surface area contributed by atoms with E-state index < -0.39 is 17.5 Å². The average molecular weight is 555 g/mol. The molecule has 0 unspecified atom stereocenters. The number of amides is 2. The van der Waals surface area contributed by atoms with Crippen LogP contribution in [0.2, 0.25) is 0 Å². The van der Waals surface area contributed by atoms with Crippen LogP contribution in [0, 0.1) is 17.6 Å². The lowest BCUT2D eigenvalue weighted by molar-refractivity contribution is -0.138. The quantitative estimate of drug-likeness (QED) is 0.473. The van der Waals surface area contributed by atoms with Crippen LogP contribution in [0.1, 0.15) is 23.2 Å². The number of pyridine rings is 1. The highest BCUT2D eigenvalue weighted by Crippen LogP contribution is 2.33. The van der Waals surface area contributed by atoms with Gasteiger partial charge in [-0.05, 0) is 19.9 Å². The van der Waals surface area contributed by atoms with Gasteiger partial charge in [0, 0.05) is 64.3 Å². The molecule has 3 N–H and O–H groups in total. The molecular weight excluding hydrogens is 522 g/mol. The van der Waals surface area contributed by atoms with Crippen molar-refractivity contribution in [2.24, 2.45) is 5.92 Å². The molecular formula is C26H32F2N10O2. The second-order valence-electron chi connectivity index (χ2n) is 10.8. The van der Waals surface area contributed by atoms with Gasteiger partial charge in [0.1, 0.15) is 11.3 Å². The molecule has 12 nitrogen and oxygen atoms in total. The van der Waals surface area contributed by atoms with E-state index in [0.29, 0.717) is 32.0 Å². The van der Waals surface area contributed by atoms with Gasteiger partial charge in [0.2, 0.25) is 5.91 Å². The van der Waals surface area contributed by atoms with Crippen molar-refractivity contribution >= 4 is 34.7 Å². The lowest BCUT2D eigenvalue weighted by Gasteiger charge is -2.47. The van der Waals surface area contributed by atoms with Crippen molar-refractivity contribution in [1.82, 2.24) is 34.3 Å².